The SMILES string of the molecule is CCOc1cccc(C(O)(c2ccccc2)c2ccccc2)c1OCC. The molecule has 0 aromatic heterocycles. The summed E-state index contributed by atoms with van der Waals surface area (Å²) in [7, 11) is 0. The second-order valence-corrected chi connectivity index (χ2v) is 5.94. The number of hydrogen-bond donors (Lipinski definition) is 1. The molecule has 134 valence electrons. The van der Waals surface area contributed by atoms with Crippen LogP contribution in [0.2, 0.25) is 0 Å². The Labute approximate surface area is 154 Å². The summed E-state index contributed by atoms with van der Waals surface area (Å²) in [6.07, 6.45) is 0. The largest absolute Gasteiger partial charge is 0.490 e. The van der Waals surface area contributed by atoms with Crippen LogP contribution >= 0.6 is 0 Å². The Bertz CT molecular complexity index is 789. The van der Waals surface area contributed by atoms with Crippen molar-refractivity contribution in [2.45, 2.75) is 19.4 Å². The highest BCUT2D eigenvalue weighted by Gasteiger charge is 2.37. The molecule has 0 unspecified atom stereocenters. The average molecular weight is 348 g/mol. The maximum absolute atomic E-state index is 12.0. The number of ether oxygens (including phenoxy) is 2. The third kappa shape index (κ3) is 3.31. The first kappa shape index (κ1) is 18.0. The van der Waals surface area contributed by atoms with Crippen LogP contribution in [0.25, 0.3) is 0 Å². The Morgan fingerprint density at radius 1 is 0.692 bits per heavy atom. The molecule has 0 amide bonds. The first-order valence-electron chi connectivity index (χ1n) is 8.94. The summed E-state index contributed by atoms with van der Waals surface area (Å²) < 4.78 is 11.7. The smallest absolute Gasteiger partial charge is 0.167 e. The highest BCUT2D eigenvalue weighted by molar-refractivity contribution is 5.57. The summed E-state index contributed by atoms with van der Waals surface area (Å²) in [5.41, 5.74) is 0.879. The van der Waals surface area contributed by atoms with Gasteiger partial charge in [0.2, 0.25) is 0 Å². The molecule has 3 aromatic carbocycles. The normalized spacial score (nSPS) is 11.2. The highest BCUT2D eigenvalue weighted by Crippen LogP contribution is 2.44. The highest BCUT2D eigenvalue weighted by atomic mass is 16.5. The molecule has 0 aliphatic rings. The van der Waals surface area contributed by atoms with Gasteiger partial charge in [-0.15, -0.1) is 0 Å². The molecule has 3 rings (SSSR count). The van der Waals surface area contributed by atoms with Crippen molar-refractivity contribution in [3.05, 3.63) is 95.6 Å². The fraction of sp³-hybridized carbons (Fsp3) is 0.217. The Kier molecular flexibility index (Phi) is 5.59. The third-order valence-corrected chi connectivity index (χ3v) is 4.34. The Morgan fingerprint density at radius 3 is 1.73 bits per heavy atom. The van der Waals surface area contributed by atoms with E-state index in [-0.39, 0.29) is 0 Å². The molecule has 0 radical (unpaired) electrons. The molecule has 1 N–H and O–H groups in total. The molecule has 0 atom stereocenters. The second kappa shape index (κ2) is 8.07. The van der Waals surface area contributed by atoms with Gasteiger partial charge in [-0.05, 0) is 31.0 Å². The fourth-order valence-corrected chi connectivity index (χ4v) is 3.20. The van der Waals surface area contributed by atoms with Crippen molar-refractivity contribution < 1.29 is 14.6 Å². The maximum atomic E-state index is 12.0. The first-order chi connectivity index (χ1) is 12.7. The van der Waals surface area contributed by atoms with Gasteiger partial charge in [-0.1, -0.05) is 72.8 Å². The summed E-state index contributed by atoms with van der Waals surface area (Å²) in [6.45, 7) is 4.87. The molecule has 0 aliphatic heterocycles. The van der Waals surface area contributed by atoms with E-state index in [1.807, 2.05) is 92.7 Å². The van der Waals surface area contributed by atoms with E-state index in [2.05, 4.69) is 0 Å². The molecule has 0 heterocycles. The van der Waals surface area contributed by atoms with Gasteiger partial charge in [-0.25, -0.2) is 0 Å². The van der Waals surface area contributed by atoms with Gasteiger partial charge in [0.05, 0.1) is 13.2 Å². The Morgan fingerprint density at radius 2 is 1.23 bits per heavy atom. The van der Waals surface area contributed by atoms with Crippen LogP contribution in [-0.2, 0) is 5.60 Å². The standard InChI is InChI=1S/C23H24O3/c1-3-25-21-17-11-16-20(22(21)26-4-2)23(24,18-12-7-5-8-13-18)19-14-9-6-10-15-19/h5-17,24H,3-4H2,1-2H3. The van der Waals surface area contributed by atoms with Gasteiger partial charge in [0.15, 0.2) is 11.5 Å². The predicted octanol–water partition coefficient (Wildman–Crippen LogP) is 4.77. The molecule has 3 heteroatoms. The quantitative estimate of drug-likeness (QED) is 0.625. The van der Waals surface area contributed by atoms with Crippen LogP contribution in [0, 0.1) is 0 Å². The van der Waals surface area contributed by atoms with Crippen molar-refractivity contribution in [3.8, 4) is 11.5 Å². The number of hydrogen-bond acceptors (Lipinski definition) is 3. The molecule has 0 aliphatic carbocycles. The van der Waals surface area contributed by atoms with Crippen molar-refractivity contribution in [2.75, 3.05) is 13.2 Å². The molecule has 0 saturated carbocycles. The van der Waals surface area contributed by atoms with Crippen molar-refractivity contribution in [1.82, 2.24) is 0 Å². The van der Waals surface area contributed by atoms with Gasteiger partial charge in [-0.3, -0.25) is 0 Å². The van der Waals surface area contributed by atoms with Gasteiger partial charge < -0.3 is 14.6 Å². The molecule has 0 spiro atoms. The van der Waals surface area contributed by atoms with E-state index in [4.69, 9.17) is 9.47 Å². The molecule has 3 aromatic rings. The van der Waals surface area contributed by atoms with E-state index < -0.39 is 5.60 Å². The monoisotopic (exact) mass is 348 g/mol. The van der Waals surface area contributed by atoms with Crippen molar-refractivity contribution in [3.63, 3.8) is 0 Å². The van der Waals surface area contributed by atoms with Gasteiger partial charge in [0.25, 0.3) is 0 Å². The zero-order valence-corrected chi connectivity index (χ0v) is 15.2. The molecular formula is C23H24O3. The van der Waals surface area contributed by atoms with Crippen LogP contribution < -0.4 is 9.47 Å². The molecule has 0 bridgehead atoms. The van der Waals surface area contributed by atoms with E-state index in [0.717, 1.165) is 11.1 Å². The first-order valence-corrected chi connectivity index (χ1v) is 8.94. The number of aliphatic hydroxyl groups is 1. The topological polar surface area (TPSA) is 38.7 Å². The van der Waals surface area contributed by atoms with Crippen molar-refractivity contribution >= 4 is 0 Å². The Balaban J connectivity index is 2.29. The number of para-hydroxylation sites is 1. The van der Waals surface area contributed by atoms with E-state index in [1.165, 1.54) is 0 Å². The van der Waals surface area contributed by atoms with Crippen LogP contribution in [0.3, 0.4) is 0 Å². The lowest BCUT2D eigenvalue weighted by atomic mass is 9.80. The zero-order chi connectivity index (χ0) is 18.4. The van der Waals surface area contributed by atoms with Gasteiger partial charge in [0, 0.05) is 5.56 Å². The Hall–Kier alpha value is -2.78. The summed E-state index contributed by atoms with van der Waals surface area (Å²) in [4.78, 5) is 0. The van der Waals surface area contributed by atoms with E-state index in [9.17, 15) is 5.11 Å². The van der Waals surface area contributed by atoms with Crippen molar-refractivity contribution in [1.29, 1.82) is 0 Å². The molecular weight excluding hydrogens is 324 g/mol. The van der Waals surface area contributed by atoms with Crippen LogP contribution in [0.5, 0.6) is 11.5 Å². The van der Waals surface area contributed by atoms with E-state index >= 15 is 0 Å². The van der Waals surface area contributed by atoms with Crippen LogP contribution in [0.15, 0.2) is 78.9 Å². The summed E-state index contributed by atoms with van der Waals surface area (Å²) in [6, 6.07) is 24.9. The van der Waals surface area contributed by atoms with Gasteiger partial charge in [-0.2, -0.15) is 0 Å². The molecule has 0 saturated heterocycles. The lowest BCUT2D eigenvalue weighted by Gasteiger charge is -2.32. The molecule has 26 heavy (non-hydrogen) atoms. The van der Waals surface area contributed by atoms with Crippen LogP contribution in [-0.4, -0.2) is 18.3 Å². The summed E-state index contributed by atoms with van der Waals surface area (Å²) >= 11 is 0. The maximum Gasteiger partial charge on any atom is 0.167 e. The molecule has 0 fully saturated rings. The zero-order valence-electron chi connectivity index (χ0n) is 15.2. The minimum atomic E-state index is -1.35. The number of rotatable bonds is 7. The van der Waals surface area contributed by atoms with Gasteiger partial charge >= 0.3 is 0 Å². The second-order valence-electron chi connectivity index (χ2n) is 5.94. The van der Waals surface area contributed by atoms with Crippen LogP contribution in [0.1, 0.15) is 30.5 Å². The molecule has 3 nitrogen and oxygen atoms in total. The van der Waals surface area contributed by atoms with E-state index in [1.54, 1.807) is 0 Å². The summed E-state index contributed by atoms with van der Waals surface area (Å²) in [5.74, 6) is 1.21. The van der Waals surface area contributed by atoms with Crippen LogP contribution in [0.4, 0.5) is 0 Å². The van der Waals surface area contributed by atoms with Gasteiger partial charge in [0.1, 0.15) is 5.60 Å². The average Bonchev–Trinajstić information content (AvgIpc) is 2.70. The van der Waals surface area contributed by atoms with E-state index in [0.29, 0.717) is 30.3 Å². The summed E-state index contributed by atoms with van der Waals surface area (Å²) in [5, 5.41) is 12.0. The minimum Gasteiger partial charge on any atom is -0.490 e. The minimum absolute atomic E-state index is 0.483. The lowest BCUT2D eigenvalue weighted by Crippen LogP contribution is -2.29. The third-order valence-electron chi connectivity index (χ3n) is 4.34. The fourth-order valence-electron chi connectivity index (χ4n) is 3.20. The number of benzene rings is 3. The van der Waals surface area contributed by atoms with Crippen molar-refractivity contribution in [2.24, 2.45) is 0 Å². The predicted molar refractivity (Wildman–Crippen MR) is 104 cm³/mol. The lowest BCUT2D eigenvalue weighted by molar-refractivity contribution is 0.120.